The third-order valence-electron chi connectivity index (χ3n) is 6.21. The Labute approximate surface area is 206 Å². The fourth-order valence-electron chi connectivity index (χ4n) is 4.33. The normalized spacial score (nSPS) is 15.2. The molecule has 1 aliphatic rings. The second kappa shape index (κ2) is 11.8. The molecule has 4 N–H and O–H groups in total. The molecule has 0 amide bonds. The van der Waals surface area contributed by atoms with Gasteiger partial charge in [0.2, 0.25) is 10.0 Å². The first kappa shape index (κ1) is 26.8. The zero-order valence-electron chi connectivity index (χ0n) is 20.6. The molecule has 11 heteroatoms. The van der Waals surface area contributed by atoms with E-state index in [0.717, 1.165) is 6.42 Å². The molecule has 2 aromatic rings. The van der Waals surface area contributed by atoms with Crippen molar-refractivity contribution in [2.75, 3.05) is 38.7 Å². The summed E-state index contributed by atoms with van der Waals surface area (Å²) in [5.41, 5.74) is 0.537. The van der Waals surface area contributed by atoms with Crippen molar-refractivity contribution in [1.82, 2.24) is 14.3 Å². The third kappa shape index (κ3) is 5.91. The number of nitrogens with zero attached hydrogens (tertiary/aromatic N) is 2. The van der Waals surface area contributed by atoms with Crippen LogP contribution in [-0.2, 0) is 10.0 Å². The Kier molecular flexibility index (Phi) is 9.03. The number of aliphatic hydroxyl groups is 1. The van der Waals surface area contributed by atoms with Gasteiger partial charge in [-0.15, -0.1) is 0 Å². The van der Waals surface area contributed by atoms with E-state index in [2.05, 4.69) is 15.3 Å². The maximum absolute atomic E-state index is 13.4. The highest BCUT2D eigenvalue weighted by Gasteiger charge is 2.30. The largest absolute Gasteiger partial charge is 0.493 e. The highest BCUT2D eigenvalue weighted by Crippen LogP contribution is 2.33. The molecule has 0 radical (unpaired) electrons. The van der Waals surface area contributed by atoms with Gasteiger partial charge in [-0.2, -0.15) is 4.31 Å². The standard InChI is InChI=1S/C24H35N5O5S/c1-4-6-19(25)21-22(26-3)24(31)28-23(27-21)18-15-17(7-8-20(18)34-5-2)35(32,33)29-12-9-16(10-13-29)11-14-30/h7-8,15-16,25-26,30H,4-6,9-14H2,1-3H3,(H,27,28,31). The molecule has 1 aromatic carbocycles. The summed E-state index contributed by atoms with van der Waals surface area (Å²) >= 11 is 0. The average Bonchev–Trinajstić information content (AvgIpc) is 2.84. The predicted molar refractivity (Wildman–Crippen MR) is 136 cm³/mol. The molecule has 1 aliphatic heterocycles. The van der Waals surface area contributed by atoms with E-state index in [-0.39, 0.29) is 34.4 Å². The van der Waals surface area contributed by atoms with Crippen LogP contribution in [0.2, 0.25) is 0 Å². The van der Waals surface area contributed by atoms with Gasteiger partial charge >= 0.3 is 0 Å². The van der Waals surface area contributed by atoms with E-state index in [9.17, 15) is 18.3 Å². The topological polar surface area (TPSA) is 148 Å². The molecule has 0 spiro atoms. The monoisotopic (exact) mass is 505 g/mol. The number of nitrogens with one attached hydrogen (secondary N) is 3. The lowest BCUT2D eigenvalue weighted by Crippen LogP contribution is -2.38. The molecule has 0 saturated carbocycles. The minimum Gasteiger partial charge on any atom is -0.493 e. The molecule has 192 valence electrons. The first-order valence-corrected chi connectivity index (χ1v) is 13.5. The smallest absolute Gasteiger partial charge is 0.275 e. The number of aromatic amines is 1. The zero-order chi connectivity index (χ0) is 25.6. The van der Waals surface area contributed by atoms with E-state index in [4.69, 9.17) is 10.1 Å². The second-order valence-electron chi connectivity index (χ2n) is 8.57. The van der Waals surface area contributed by atoms with Gasteiger partial charge in [0.25, 0.3) is 5.56 Å². The molecule has 1 fully saturated rings. The van der Waals surface area contributed by atoms with Crippen LogP contribution in [0, 0.1) is 11.3 Å². The number of piperidine rings is 1. The van der Waals surface area contributed by atoms with Gasteiger partial charge in [-0.05, 0) is 56.7 Å². The fourth-order valence-corrected chi connectivity index (χ4v) is 5.82. The van der Waals surface area contributed by atoms with Crippen molar-refractivity contribution in [1.29, 1.82) is 5.41 Å². The van der Waals surface area contributed by atoms with Crippen molar-refractivity contribution in [2.45, 2.75) is 50.8 Å². The Morgan fingerprint density at radius 2 is 2.03 bits per heavy atom. The number of anilines is 1. The van der Waals surface area contributed by atoms with E-state index < -0.39 is 15.6 Å². The molecule has 35 heavy (non-hydrogen) atoms. The summed E-state index contributed by atoms with van der Waals surface area (Å²) in [4.78, 5) is 20.2. The summed E-state index contributed by atoms with van der Waals surface area (Å²) in [5.74, 6) is 0.854. The van der Waals surface area contributed by atoms with Crippen molar-refractivity contribution < 1.29 is 18.3 Å². The lowest BCUT2D eigenvalue weighted by atomic mass is 9.95. The molecule has 0 aliphatic carbocycles. The summed E-state index contributed by atoms with van der Waals surface area (Å²) in [5, 5.41) is 20.4. The third-order valence-corrected chi connectivity index (χ3v) is 8.10. The molecular formula is C24H35N5O5S. The number of aromatic nitrogens is 2. The second-order valence-corrected chi connectivity index (χ2v) is 10.5. The number of hydrogen-bond acceptors (Lipinski definition) is 8. The highest BCUT2D eigenvalue weighted by atomic mass is 32.2. The summed E-state index contributed by atoms with van der Waals surface area (Å²) in [6.07, 6.45) is 3.25. The van der Waals surface area contributed by atoms with Gasteiger partial charge in [-0.3, -0.25) is 4.79 Å². The van der Waals surface area contributed by atoms with Crippen LogP contribution >= 0.6 is 0 Å². The van der Waals surface area contributed by atoms with Crippen LogP contribution in [0.1, 0.15) is 51.6 Å². The van der Waals surface area contributed by atoms with Gasteiger partial charge in [-0.1, -0.05) is 13.3 Å². The van der Waals surface area contributed by atoms with Crippen molar-refractivity contribution in [3.05, 3.63) is 34.2 Å². The van der Waals surface area contributed by atoms with Crippen molar-refractivity contribution in [2.24, 2.45) is 5.92 Å². The van der Waals surface area contributed by atoms with Crippen LogP contribution in [-0.4, -0.2) is 66.9 Å². The van der Waals surface area contributed by atoms with E-state index >= 15 is 0 Å². The fraction of sp³-hybridized carbons (Fsp3) is 0.542. The van der Waals surface area contributed by atoms with E-state index in [1.165, 1.54) is 16.4 Å². The number of sulfonamides is 1. The number of benzene rings is 1. The number of rotatable bonds is 11. The average molecular weight is 506 g/mol. The molecule has 0 bridgehead atoms. The molecule has 1 aromatic heterocycles. The maximum Gasteiger partial charge on any atom is 0.275 e. The lowest BCUT2D eigenvalue weighted by Gasteiger charge is -2.31. The highest BCUT2D eigenvalue weighted by molar-refractivity contribution is 7.89. The Balaban J connectivity index is 2.06. The number of aliphatic hydroxyl groups excluding tert-OH is 1. The number of hydrogen-bond donors (Lipinski definition) is 4. The van der Waals surface area contributed by atoms with Crippen LogP contribution in [0.4, 0.5) is 5.69 Å². The summed E-state index contributed by atoms with van der Waals surface area (Å²) in [7, 11) is -2.19. The maximum atomic E-state index is 13.4. The van der Waals surface area contributed by atoms with Crippen molar-refractivity contribution in [3.8, 4) is 17.1 Å². The van der Waals surface area contributed by atoms with Crippen LogP contribution in [0.15, 0.2) is 27.9 Å². The minimum absolute atomic E-state index is 0.0853. The minimum atomic E-state index is -3.78. The molecule has 2 heterocycles. The molecule has 0 unspecified atom stereocenters. The molecule has 1 saturated heterocycles. The Bertz CT molecular complexity index is 1200. The number of ether oxygens (including phenoxy) is 1. The first-order valence-electron chi connectivity index (χ1n) is 12.0. The summed E-state index contributed by atoms with van der Waals surface area (Å²) in [6.45, 7) is 4.98. The predicted octanol–water partition coefficient (Wildman–Crippen LogP) is 2.83. The summed E-state index contributed by atoms with van der Waals surface area (Å²) < 4.78 is 34.1. The van der Waals surface area contributed by atoms with Gasteiger partial charge in [0.05, 0.1) is 22.8 Å². The SMILES string of the molecule is CCCC(=N)c1nc(-c2cc(S(=O)(=O)N3CCC(CCO)CC3)ccc2OCC)[nH]c(=O)c1NC. The van der Waals surface area contributed by atoms with Gasteiger partial charge in [0.1, 0.15) is 23.0 Å². The van der Waals surface area contributed by atoms with Gasteiger partial charge < -0.3 is 25.6 Å². The van der Waals surface area contributed by atoms with E-state index in [1.54, 1.807) is 13.1 Å². The van der Waals surface area contributed by atoms with Crippen LogP contribution in [0.25, 0.3) is 11.4 Å². The molecule has 10 nitrogen and oxygen atoms in total. The Hall–Kier alpha value is -2.76. The van der Waals surface area contributed by atoms with Gasteiger partial charge in [-0.25, -0.2) is 13.4 Å². The van der Waals surface area contributed by atoms with Gasteiger partial charge in [0.15, 0.2) is 0 Å². The van der Waals surface area contributed by atoms with E-state index in [0.29, 0.717) is 62.6 Å². The Morgan fingerprint density at radius 3 is 2.63 bits per heavy atom. The Morgan fingerprint density at radius 1 is 1.31 bits per heavy atom. The van der Waals surface area contributed by atoms with Crippen molar-refractivity contribution >= 4 is 21.4 Å². The number of H-pyrrole nitrogens is 1. The zero-order valence-corrected chi connectivity index (χ0v) is 21.4. The van der Waals surface area contributed by atoms with Crippen LogP contribution in [0.3, 0.4) is 0 Å². The van der Waals surface area contributed by atoms with Gasteiger partial charge in [0, 0.05) is 26.7 Å². The molecular weight excluding hydrogens is 470 g/mol. The van der Waals surface area contributed by atoms with Crippen LogP contribution in [0.5, 0.6) is 5.75 Å². The lowest BCUT2D eigenvalue weighted by molar-refractivity contribution is 0.208. The first-order chi connectivity index (χ1) is 16.8. The van der Waals surface area contributed by atoms with Crippen LogP contribution < -0.4 is 15.6 Å². The quantitative estimate of drug-likeness (QED) is 0.343. The van der Waals surface area contributed by atoms with Crippen molar-refractivity contribution in [3.63, 3.8) is 0 Å². The van der Waals surface area contributed by atoms with E-state index in [1.807, 2.05) is 13.8 Å². The summed E-state index contributed by atoms with van der Waals surface area (Å²) in [6, 6.07) is 4.56. The molecule has 3 rings (SSSR count). The molecule has 0 atom stereocenters.